The van der Waals surface area contributed by atoms with E-state index in [1.54, 1.807) is 19.2 Å². The van der Waals surface area contributed by atoms with Gasteiger partial charge in [-0.05, 0) is 73.2 Å². The SMILES string of the molecule is CCC(=O)Nc1ccc(N2C(=S)N[C@H](c3ccccn3)[C@H]2c2ccc(-c3ccc([N+](=O)[O-])cc3OC)o2)cc1C. The molecule has 1 fully saturated rings. The van der Waals surface area contributed by atoms with Crippen molar-refractivity contribution in [3.63, 3.8) is 0 Å². The summed E-state index contributed by atoms with van der Waals surface area (Å²) < 4.78 is 11.8. The summed E-state index contributed by atoms with van der Waals surface area (Å²) in [6, 6.07) is 18.8. The fourth-order valence-electron chi connectivity index (χ4n) is 4.75. The van der Waals surface area contributed by atoms with Crippen molar-refractivity contribution in [3.05, 3.63) is 100 Å². The molecule has 2 N–H and O–H groups in total. The molecule has 0 unspecified atom stereocenters. The normalized spacial score (nSPS) is 16.5. The summed E-state index contributed by atoms with van der Waals surface area (Å²) >= 11 is 5.81. The fourth-order valence-corrected chi connectivity index (χ4v) is 5.10. The number of nitro groups is 1. The largest absolute Gasteiger partial charge is 0.496 e. The number of nitrogens with one attached hydrogen (secondary N) is 2. The lowest BCUT2D eigenvalue weighted by atomic mass is 10.0. The molecule has 1 amide bonds. The molecule has 2 atom stereocenters. The van der Waals surface area contributed by atoms with Crippen LogP contribution in [0.15, 0.2) is 77.3 Å². The van der Waals surface area contributed by atoms with E-state index in [2.05, 4.69) is 15.6 Å². The van der Waals surface area contributed by atoms with Crippen LogP contribution in [0.2, 0.25) is 0 Å². The number of aryl methyl sites for hydroxylation is 1. The average Bonchev–Trinajstić information content (AvgIpc) is 3.58. The zero-order chi connectivity index (χ0) is 28.4. The maximum Gasteiger partial charge on any atom is 0.273 e. The third-order valence-electron chi connectivity index (χ3n) is 6.76. The molecule has 1 aliphatic heterocycles. The van der Waals surface area contributed by atoms with Gasteiger partial charge < -0.3 is 24.7 Å². The van der Waals surface area contributed by atoms with Crippen LogP contribution in [-0.2, 0) is 4.79 Å². The Kier molecular flexibility index (Phi) is 7.47. The second-order valence-electron chi connectivity index (χ2n) is 9.24. The average molecular weight is 558 g/mol. The molecule has 10 nitrogen and oxygen atoms in total. The smallest absolute Gasteiger partial charge is 0.273 e. The van der Waals surface area contributed by atoms with Crippen LogP contribution >= 0.6 is 12.2 Å². The maximum atomic E-state index is 12.0. The number of carbonyl (C=O) groups excluding carboxylic acids is 1. The number of non-ortho nitro benzene ring substituents is 1. The van der Waals surface area contributed by atoms with Crippen molar-refractivity contribution in [2.24, 2.45) is 0 Å². The van der Waals surface area contributed by atoms with Gasteiger partial charge in [-0.2, -0.15) is 0 Å². The molecular weight excluding hydrogens is 530 g/mol. The minimum atomic E-state index is -0.471. The predicted molar refractivity (Wildman–Crippen MR) is 155 cm³/mol. The summed E-state index contributed by atoms with van der Waals surface area (Å²) in [5.74, 6) is 1.37. The van der Waals surface area contributed by atoms with E-state index in [0.29, 0.717) is 34.4 Å². The van der Waals surface area contributed by atoms with Gasteiger partial charge in [-0.1, -0.05) is 13.0 Å². The molecule has 204 valence electrons. The van der Waals surface area contributed by atoms with Gasteiger partial charge >= 0.3 is 0 Å². The number of nitro benzene ring substituents is 1. The highest BCUT2D eigenvalue weighted by atomic mass is 32.1. The lowest BCUT2D eigenvalue weighted by Crippen LogP contribution is -2.29. The number of carbonyl (C=O) groups is 1. The molecule has 0 spiro atoms. The Morgan fingerprint density at radius 2 is 2.02 bits per heavy atom. The van der Waals surface area contributed by atoms with Crippen LogP contribution in [0.5, 0.6) is 5.75 Å². The van der Waals surface area contributed by atoms with Crippen LogP contribution in [-0.4, -0.2) is 28.0 Å². The van der Waals surface area contributed by atoms with Gasteiger partial charge in [-0.25, -0.2) is 0 Å². The number of furan rings is 1. The Balaban J connectivity index is 1.57. The monoisotopic (exact) mass is 557 g/mol. The molecule has 2 aromatic carbocycles. The lowest BCUT2D eigenvalue weighted by molar-refractivity contribution is -0.384. The number of thiocarbonyl (C=S) groups is 1. The Morgan fingerprint density at radius 3 is 2.70 bits per heavy atom. The number of amides is 1. The van der Waals surface area contributed by atoms with E-state index in [1.165, 1.54) is 19.2 Å². The number of benzene rings is 2. The van der Waals surface area contributed by atoms with Crippen LogP contribution in [0.25, 0.3) is 11.3 Å². The number of anilines is 2. The number of nitrogens with zero attached hydrogens (tertiary/aromatic N) is 3. The molecule has 5 rings (SSSR count). The molecule has 0 radical (unpaired) electrons. The first-order valence-electron chi connectivity index (χ1n) is 12.6. The van der Waals surface area contributed by atoms with Gasteiger partial charge in [0.05, 0.1) is 35.4 Å². The predicted octanol–water partition coefficient (Wildman–Crippen LogP) is 6.09. The van der Waals surface area contributed by atoms with Crippen molar-refractivity contribution < 1.29 is 18.9 Å². The molecular formula is C29H27N5O5S. The molecule has 4 aromatic rings. The molecule has 1 saturated heterocycles. The van der Waals surface area contributed by atoms with Gasteiger partial charge in [0.2, 0.25) is 5.91 Å². The fraction of sp³-hybridized carbons (Fsp3) is 0.207. The number of rotatable bonds is 8. The molecule has 0 bridgehead atoms. The van der Waals surface area contributed by atoms with Crippen LogP contribution in [0.4, 0.5) is 17.1 Å². The van der Waals surface area contributed by atoms with E-state index < -0.39 is 11.0 Å². The Bertz CT molecular complexity index is 1590. The first kappa shape index (κ1) is 26.8. The van der Waals surface area contributed by atoms with Crippen LogP contribution in [0, 0.1) is 17.0 Å². The van der Waals surface area contributed by atoms with E-state index in [9.17, 15) is 14.9 Å². The van der Waals surface area contributed by atoms with Crippen molar-refractivity contribution in [2.75, 3.05) is 17.3 Å². The zero-order valence-corrected chi connectivity index (χ0v) is 22.9. The van der Waals surface area contributed by atoms with E-state index in [1.807, 2.05) is 60.4 Å². The maximum absolute atomic E-state index is 12.0. The quantitative estimate of drug-likeness (QED) is 0.150. The van der Waals surface area contributed by atoms with E-state index >= 15 is 0 Å². The minimum Gasteiger partial charge on any atom is -0.496 e. The molecule has 0 saturated carbocycles. The molecule has 40 heavy (non-hydrogen) atoms. The topological polar surface area (TPSA) is 123 Å². The second kappa shape index (κ2) is 11.1. The third kappa shape index (κ3) is 5.10. The first-order valence-corrected chi connectivity index (χ1v) is 13.0. The molecule has 1 aliphatic rings. The number of ether oxygens (including phenoxy) is 1. The van der Waals surface area contributed by atoms with Crippen LogP contribution in [0.3, 0.4) is 0 Å². The zero-order valence-electron chi connectivity index (χ0n) is 22.1. The Morgan fingerprint density at radius 1 is 1.20 bits per heavy atom. The van der Waals surface area contributed by atoms with Gasteiger partial charge in [-0.15, -0.1) is 0 Å². The number of hydrogen-bond acceptors (Lipinski definition) is 7. The number of pyridine rings is 1. The molecule has 0 aliphatic carbocycles. The standard InChI is InChI=1S/C29H27N5O5S/c1-4-26(35)31-21-11-9-18(15-17(21)2)33-28(27(32-29(33)40)22-7-5-6-14-30-22)24-13-12-23(39-24)20-10-8-19(34(36)37)16-25(20)38-3/h5-16,27-28H,4H2,1-3H3,(H,31,35)(H,32,40)/t27-,28-/m1/s1. The van der Waals surface area contributed by atoms with Crippen LogP contribution < -0.4 is 20.3 Å². The number of hydrogen-bond donors (Lipinski definition) is 2. The van der Waals surface area contributed by atoms with Gasteiger partial charge in [0.15, 0.2) is 5.11 Å². The van der Waals surface area contributed by atoms with Crippen molar-refractivity contribution in [1.29, 1.82) is 0 Å². The summed E-state index contributed by atoms with van der Waals surface area (Å²) in [6.07, 6.45) is 2.11. The van der Waals surface area contributed by atoms with E-state index in [4.69, 9.17) is 21.4 Å². The highest BCUT2D eigenvalue weighted by Gasteiger charge is 2.42. The number of aromatic nitrogens is 1. The Labute approximate surface area is 236 Å². The van der Waals surface area contributed by atoms with Gasteiger partial charge in [0, 0.05) is 30.1 Å². The Hall–Kier alpha value is -4.77. The highest BCUT2D eigenvalue weighted by molar-refractivity contribution is 7.80. The first-order chi connectivity index (χ1) is 19.3. The molecule has 11 heteroatoms. The van der Waals surface area contributed by atoms with Crippen molar-refractivity contribution >= 4 is 40.3 Å². The minimum absolute atomic E-state index is 0.0629. The second-order valence-corrected chi connectivity index (χ2v) is 9.63. The van der Waals surface area contributed by atoms with Crippen molar-refractivity contribution in [1.82, 2.24) is 10.3 Å². The van der Waals surface area contributed by atoms with Gasteiger partial charge in [0.1, 0.15) is 23.3 Å². The van der Waals surface area contributed by atoms with Crippen molar-refractivity contribution in [3.8, 4) is 17.1 Å². The lowest BCUT2D eigenvalue weighted by Gasteiger charge is -2.27. The third-order valence-corrected chi connectivity index (χ3v) is 7.08. The summed E-state index contributed by atoms with van der Waals surface area (Å²) in [5, 5.41) is 18.1. The summed E-state index contributed by atoms with van der Waals surface area (Å²) in [6.45, 7) is 3.73. The van der Waals surface area contributed by atoms with E-state index in [-0.39, 0.29) is 17.6 Å². The number of methoxy groups -OCH3 is 1. The molecule has 2 aromatic heterocycles. The summed E-state index contributed by atoms with van der Waals surface area (Å²) in [7, 11) is 1.46. The van der Waals surface area contributed by atoms with Crippen molar-refractivity contribution in [2.45, 2.75) is 32.4 Å². The van der Waals surface area contributed by atoms with E-state index in [0.717, 1.165) is 22.6 Å². The van der Waals surface area contributed by atoms with Crippen LogP contribution in [0.1, 0.15) is 42.4 Å². The summed E-state index contributed by atoms with van der Waals surface area (Å²) in [5.41, 5.74) is 3.73. The summed E-state index contributed by atoms with van der Waals surface area (Å²) in [4.78, 5) is 29.3. The molecule has 3 heterocycles. The highest BCUT2D eigenvalue weighted by Crippen LogP contribution is 2.44. The van der Waals surface area contributed by atoms with Gasteiger partial charge in [-0.3, -0.25) is 19.9 Å². The van der Waals surface area contributed by atoms with Gasteiger partial charge in [0.25, 0.3) is 5.69 Å².